The summed E-state index contributed by atoms with van der Waals surface area (Å²) in [5.41, 5.74) is 2.63. The fraction of sp³-hybridized carbons (Fsp3) is 0.520. The number of hydrogen-bond acceptors (Lipinski definition) is 4. The molecule has 0 fully saturated rings. The molecular formula is C25H38N2O2. The van der Waals surface area contributed by atoms with Gasteiger partial charge >= 0.3 is 0 Å². The molecule has 0 aromatic heterocycles. The molecular weight excluding hydrogens is 360 g/mol. The zero-order valence-corrected chi connectivity index (χ0v) is 18.5. The lowest BCUT2D eigenvalue weighted by molar-refractivity contribution is -0.215. The van der Waals surface area contributed by atoms with Crippen molar-refractivity contribution in [3.8, 4) is 0 Å². The van der Waals surface area contributed by atoms with Crippen LogP contribution in [0.15, 0.2) is 60.7 Å². The van der Waals surface area contributed by atoms with E-state index in [9.17, 15) is 0 Å². The summed E-state index contributed by atoms with van der Waals surface area (Å²) in [6, 6.07) is 21.8. The Hall–Kier alpha value is -1.72. The molecule has 0 amide bonds. The molecule has 0 saturated carbocycles. The third-order valence-corrected chi connectivity index (χ3v) is 5.71. The molecule has 4 heteroatoms. The second kappa shape index (κ2) is 12.8. The molecule has 160 valence electrons. The topological polar surface area (TPSA) is 42.5 Å². The summed E-state index contributed by atoms with van der Waals surface area (Å²) < 4.78 is 11.6. The zero-order chi connectivity index (χ0) is 21.0. The van der Waals surface area contributed by atoms with Gasteiger partial charge in [0.2, 0.25) is 0 Å². The third-order valence-electron chi connectivity index (χ3n) is 5.71. The fourth-order valence-corrected chi connectivity index (χ4v) is 3.69. The van der Waals surface area contributed by atoms with Crippen LogP contribution < -0.4 is 10.6 Å². The Labute approximate surface area is 177 Å². The van der Waals surface area contributed by atoms with Crippen LogP contribution in [0.2, 0.25) is 0 Å². The van der Waals surface area contributed by atoms with E-state index in [4.69, 9.17) is 9.47 Å². The van der Waals surface area contributed by atoms with Gasteiger partial charge in [0.05, 0.1) is 0 Å². The van der Waals surface area contributed by atoms with Crippen molar-refractivity contribution in [3.05, 3.63) is 71.8 Å². The van der Waals surface area contributed by atoms with Crippen molar-refractivity contribution in [2.75, 3.05) is 27.3 Å². The van der Waals surface area contributed by atoms with Crippen molar-refractivity contribution in [1.29, 1.82) is 0 Å². The number of nitrogens with one attached hydrogen (secondary N) is 2. The maximum atomic E-state index is 5.79. The van der Waals surface area contributed by atoms with Crippen LogP contribution in [0.25, 0.3) is 0 Å². The molecule has 2 aromatic rings. The highest BCUT2D eigenvalue weighted by molar-refractivity contribution is 5.18. The lowest BCUT2D eigenvalue weighted by Gasteiger charge is -2.31. The van der Waals surface area contributed by atoms with Gasteiger partial charge in [-0.3, -0.25) is 0 Å². The summed E-state index contributed by atoms with van der Waals surface area (Å²) in [6.45, 7) is 6.28. The van der Waals surface area contributed by atoms with Crippen molar-refractivity contribution < 1.29 is 9.47 Å². The molecule has 2 atom stereocenters. The van der Waals surface area contributed by atoms with E-state index in [0.29, 0.717) is 12.1 Å². The number of ether oxygens (including phenoxy) is 2. The van der Waals surface area contributed by atoms with E-state index in [0.717, 1.165) is 38.8 Å². The Kier molecular flexibility index (Phi) is 10.4. The van der Waals surface area contributed by atoms with Crippen LogP contribution in [0.5, 0.6) is 0 Å². The van der Waals surface area contributed by atoms with Crippen molar-refractivity contribution in [3.63, 3.8) is 0 Å². The van der Waals surface area contributed by atoms with Crippen LogP contribution in [0, 0.1) is 0 Å². The van der Waals surface area contributed by atoms with Gasteiger partial charge in [0.15, 0.2) is 5.79 Å². The van der Waals surface area contributed by atoms with Crippen LogP contribution >= 0.6 is 0 Å². The summed E-state index contributed by atoms with van der Waals surface area (Å²) in [5.74, 6) is -0.505. The second-order valence-electron chi connectivity index (χ2n) is 7.70. The minimum absolute atomic E-state index is 0.347. The summed E-state index contributed by atoms with van der Waals surface area (Å²) in [4.78, 5) is 0. The van der Waals surface area contributed by atoms with E-state index >= 15 is 0 Å². The minimum atomic E-state index is -0.505. The standard InChI is InChI=1S/C25H38N2O2/c1-21(23-13-7-5-8-14-23)26-19-11-17-25(28-3,29-4)18-12-20-27-22(2)24-15-9-6-10-16-24/h5-10,13-16,21-22,26-27H,11-12,17-20H2,1-4H3/t21-,22-/m1/s1. The molecule has 0 bridgehead atoms. The van der Waals surface area contributed by atoms with Crippen LogP contribution in [0.4, 0.5) is 0 Å². The van der Waals surface area contributed by atoms with Crippen molar-refractivity contribution >= 4 is 0 Å². The molecule has 0 heterocycles. The third kappa shape index (κ3) is 7.90. The molecule has 0 spiro atoms. The maximum Gasteiger partial charge on any atom is 0.167 e. The highest BCUT2D eigenvalue weighted by atomic mass is 16.7. The smallest absolute Gasteiger partial charge is 0.167 e. The van der Waals surface area contributed by atoms with Crippen LogP contribution in [0.1, 0.15) is 62.7 Å². The Balaban J connectivity index is 1.69. The molecule has 0 saturated heterocycles. The second-order valence-corrected chi connectivity index (χ2v) is 7.70. The molecule has 0 aliphatic rings. The Morgan fingerprint density at radius 1 is 0.690 bits per heavy atom. The highest BCUT2D eigenvalue weighted by Gasteiger charge is 2.28. The molecule has 29 heavy (non-hydrogen) atoms. The SMILES string of the molecule is COC(CCCN[C@H](C)c1ccccc1)(CCCN[C@H](C)c1ccccc1)OC. The van der Waals surface area contributed by atoms with E-state index in [2.05, 4.69) is 85.1 Å². The van der Waals surface area contributed by atoms with E-state index in [1.165, 1.54) is 11.1 Å². The quantitative estimate of drug-likeness (QED) is 0.337. The average molecular weight is 399 g/mol. The average Bonchev–Trinajstić information content (AvgIpc) is 2.79. The zero-order valence-electron chi connectivity index (χ0n) is 18.5. The molecule has 2 N–H and O–H groups in total. The van der Waals surface area contributed by atoms with E-state index in [-0.39, 0.29) is 0 Å². The van der Waals surface area contributed by atoms with E-state index in [1.54, 1.807) is 14.2 Å². The van der Waals surface area contributed by atoms with Gasteiger partial charge in [0.1, 0.15) is 0 Å². The lowest BCUT2D eigenvalue weighted by atomic mass is 10.0. The monoisotopic (exact) mass is 398 g/mol. The summed E-state index contributed by atoms with van der Waals surface area (Å²) in [6.07, 6.45) is 3.77. The summed E-state index contributed by atoms with van der Waals surface area (Å²) in [5, 5.41) is 7.19. The first kappa shape index (κ1) is 23.6. The Morgan fingerprint density at radius 3 is 1.41 bits per heavy atom. The molecule has 0 aliphatic carbocycles. The molecule has 0 radical (unpaired) electrons. The Bertz CT molecular complexity index is 604. The van der Waals surface area contributed by atoms with Gasteiger partial charge in [-0.2, -0.15) is 0 Å². The largest absolute Gasteiger partial charge is 0.353 e. The number of methoxy groups -OCH3 is 2. The molecule has 4 nitrogen and oxygen atoms in total. The normalized spacial score (nSPS) is 13.9. The maximum absolute atomic E-state index is 5.79. The van der Waals surface area contributed by atoms with Crippen LogP contribution in [0.3, 0.4) is 0 Å². The van der Waals surface area contributed by atoms with Crippen molar-refractivity contribution in [2.45, 2.75) is 57.4 Å². The molecule has 2 aromatic carbocycles. The first-order chi connectivity index (χ1) is 14.1. The van der Waals surface area contributed by atoms with Crippen molar-refractivity contribution in [1.82, 2.24) is 10.6 Å². The van der Waals surface area contributed by atoms with Gasteiger partial charge in [0.25, 0.3) is 0 Å². The molecule has 2 rings (SSSR count). The van der Waals surface area contributed by atoms with Gasteiger partial charge in [-0.25, -0.2) is 0 Å². The Morgan fingerprint density at radius 2 is 1.07 bits per heavy atom. The predicted octanol–water partition coefficient (Wildman–Crippen LogP) is 5.24. The summed E-state index contributed by atoms with van der Waals surface area (Å²) in [7, 11) is 3.51. The highest BCUT2D eigenvalue weighted by Crippen LogP contribution is 2.25. The predicted molar refractivity (Wildman–Crippen MR) is 121 cm³/mol. The number of hydrogen-bond donors (Lipinski definition) is 2. The van der Waals surface area contributed by atoms with Gasteiger partial charge < -0.3 is 20.1 Å². The van der Waals surface area contributed by atoms with E-state index < -0.39 is 5.79 Å². The van der Waals surface area contributed by atoms with Gasteiger partial charge in [-0.15, -0.1) is 0 Å². The minimum Gasteiger partial charge on any atom is -0.353 e. The lowest BCUT2D eigenvalue weighted by Crippen LogP contribution is -2.36. The van der Waals surface area contributed by atoms with Gasteiger partial charge in [0, 0.05) is 39.1 Å². The number of benzene rings is 2. The van der Waals surface area contributed by atoms with E-state index in [1.807, 2.05) is 0 Å². The summed E-state index contributed by atoms with van der Waals surface area (Å²) >= 11 is 0. The van der Waals surface area contributed by atoms with Crippen molar-refractivity contribution in [2.24, 2.45) is 0 Å². The fourth-order valence-electron chi connectivity index (χ4n) is 3.69. The van der Waals surface area contributed by atoms with Crippen LogP contribution in [-0.4, -0.2) is 33.1 Å². The molecule has 0 unspecified atom stereocenters. The number of rotatable bonds is 14. The van der Waals surface area contributed by atoms with Gasteiger partial charge in [-0.1, -0.05) is 60.7 Å². The first-order valence-electron chi connectivity index (χ1n) is 10.8. The van der Waals surface area contributed by atoms with Crippen LogP contribution in [-0.2, 0) is 9.47 Å². The molecule has 0 aliphatic heterocycles. The first-order valence-corrected chi connectivity index (χ1v) is 10.8. The van der Waals surface area contributed by atoms with Gasteiger partial charge in [-0.05, 0) is 50.9 Å².